The standard InChI is InChI=1S/C12H17N5O/c1-3-4-18-12-5-11(13-8-14-12)17-9(2)10-6-15-16-7-10/h5-9H,3-4H2,1-2H3,(H,15,16)(H,13,14,17). The average molecular weight is 247 g/mol. The Morgan fingerprint density at radius 1 is 1.44 bits per heavy atom. The molecule has 1 unspecified atom stereocenters. The van der Waals surface area contributed by atoms with Gasteiger partial charge >= 0.3 is 0 Å². The first-order valence-corrected chi connectivity index (χ1v) is 5.99. The second kappa shape index (κ2) is 6.00. The lowest BCUT2D eigenvalue weighted by Crippen LogP contribution is -2.08. The summed E-state index contributed by atoms with van der Waals surface area (Å²) in [6.07, 6.45) is 6.09. The summed E-state index contributed by atoms with van der Waals surface area (Å²) in [7, 11) is 0. The van der Waals surface area contributed by atoms with E-state index in [9.17, 15) is 0 Å². The summed E-state index contributed by atoms with van der Waals surface area (Å²) in [6, 6.07) is 1.92. The van der Waals surface area contributed by atoms with Crippen molar-refractivity contribution in [2.45, 2.75) is 26.3 Å². The highest BCUT2D eigenvalue weighted by molar-refractivity contribution is 5.39. The smallest absolute Gasteiger partial charge is 0.218 e. The van der Waals surface area contributed by atoms with Crippen LogP contribution in [0.5, 0.6) is 5.88 Å². The van der Waals surface area contributed by atoms with Gasteiger partial charge < -0.3 is 10.1 Å². The Kier molecular flexibility index (Phi) is 4.11. The van der Waals surface area contributed by atoms with Gasteiger partial charge in [-0.15, -0.1) is 0 Å². The Morgan fingerprint density at radius 3 is 3.06 bits per heavy atom. The van der Waals surface area contributed by atoms with Crippen molar-refractivity contribution in [1.82, 2.24) is 20.2 Å². The van der Waals surface area contributed by atoms with E-state index >= 15 is 0 Å². The van der Waals surface area contributed by atoms with Crippen molar-refractivity contribution in [3.8, 4) is 5.88 Å². The van der Waals surface area contributed by atoms with Crippen LogP contribution in [0.15, 0.2) is 24.8 Å². The number of H-pyrrole nitrogens is 1. The monoisotopic (exact) mass is 247 g/mol. The fourth-order valence-electron chi connectivity index (χ4n) is 1.51. The van der Waals surface area contributed by atoms with Crippen molar-refractivity contribution in [3.63, 3.8) is 0 Å². The van der Waals surface area contributed by atoms with Gasteiger partial charge in [0.1, 0.15) is 12.1 Å². The molecular weight excluding hydrogens is 230 g/mol. The highest BCUT2D eigenvalue weighted by atomic mass is 16.5. The molecule has 2 aromatic heterocycles. The zero-order chi connectivity index (χ0) is 12.8. The fraction of sp³-hybridized carbons (Fsp3) is 0.417. The topological polar surface area (TPSA) is 75.7 Å². The molecule has 0 fully saturated rings. The van der Waals surface area contributed by atoms with Crippen molar-refractivity contribution in [1.29, 1.82) is 0 Å². The predicted molar refractivity (Wildman–Crippen MR) is 68.4 cm³/mol. The third-order valence-electron chi connectivity index (χ3n) is 2.48. The maximum atomic E-state index is 5.46. The van der Waals surface area contributed by atoms with Crippen molar-refractivity contribution < 1.29 is 4.74 Å². The predicted octanol–water partition coefficient (Wildman–Crippen LogP) is 2.16. The van der Waals surface area contributed by atoms with Gasteiger partial charge in [-0.25, -0.2) is 9.97 Å². The van der Waals surface area contributed by atoms with Gasteiger partial charge in [-0.1, -0.05) is 6.92 Å². The molecular formula is C12H17N5O. The second-order valence-corrected chi connectivity index (χ2v) is 3.99. The van der Waals surface area contributed by atoms with Crippen LogP contribution in [0.25, 0.3) is 0 Å². The first kappa shape index (κ1) is 12.3. The summed E-state index contributed by atoms with van der Waals surface area (Å²) < 4.78 is 5.46. The second-order valence-electron chi connectivity index (χ2n) is 3.99. The number of anilines is 1. The van der Waals surface area contributed by atoms with Crippen LogP contribution in [-0.4, -0.2) is 26.8 Å². The molecule has 0 aromatic carbocycles. The number of ether oxygens (including phenoxy) is 1. The maximum Gasteiger partial charge on any atom is 0.218 e. The van der Waals surface area contributed by atoms with E-state index in [2.05, 4.69) is 32.4 Å². The first-order valence-electron chi connectivity index (χ1n) is 5.99. The Labute approximate surface area is 106 Å². The molecule has 0 aliphatic rings. The molecule has 2 heterocycles. The van der Waals surface area contributed by atoms with Crippen LogP contribution >= 0.6 is 0 Å². The average Bonchev–Trinajstić information content (AvgIpc) is 2.91. The molecule has 0 radical (unpaired) electrons. The molecule has 18 heavy (non-hydrogen) atoms. The molecule has 0 aliphatic heterocycles. The van der Waals surface area contributed by atoms with E-state index < -0.39 is 0 Å². The molecule has 6 heteroatoms. The van der Waals surface area contributed by atoms with Gasteiger partial charge in [0.25, 0.3) is 0 Å². The van der Waals surface area contributed by atoms with Gasteiger partial charge in [-0.2, -0.15) is 5.10 Å². The molecule has 2 N–H and O–H groups in total. The zero-order valence-electron chi connectivity index (χ0n) is 10.6. The minimum absolute atomic E-state index is 0.123. The molecule has 0 aliphatic carbocycles. The van der Waals surface area contributed by atoms with Crippen molar-refractivity contribution in [3.05, 3.63) is 30.4 Å². The molecule has 96 valence electrons. The van der Waals surface area contributed by atoms with E-state index in [1.54, 1.807) is 12.3 Å². The maximum absolute atomic E-state index is 5.46. The summed E-state index contributed by atoms with van der Waals surface area (Å²) >= 11 is 0. The van der Waals surface area contributed by atoms with E-state index in [4.69, 9.17) is 4.74 Å². The van der Waals surface area contributed by atoms with Crippen LogP contribution in [-0.2, 0) is 0 Å². The Bertz CT molecular complexity index is 471. The van der Waals surface area contributed by atoms with Crippen LogP contribution in [0.4, 0.5) is 5.82 Å². The lowest BCUT2D eigenvalue weighted by atomic mass is 10.2. The Hall–Kier alpha value is -2.11. The number of nitrogens with zero attached hydrogens (tertiary/aromatic N) is 3. The molecule has 0 amide bonds. The van der Waals surface area contributed by atoms with Gasteiger partial charge in [0.05, 0.1) is 18.8 Å². The molecule has 0 saturated heterocycles. The van der Waals surface area contributed by atoms with E-state index in [-0.39, 0.29) is 6.04 Å². The summed E-state index contributed by atoms with van der Waals surface area (Å²) in [5, 5.41) is 9.98. The quantitative estimate of drug-likeness (QED) is 0.818. The molecule has 0 saturated carbocycles. The van der Waals surface area contributed by atoms with Gasteiger partial charge in [-0.3, -0.25) is 5.10 Å². The number of hydrogen-bond donors (Lipinski definition) is 2. The van der Waals surface area contributed by atoms with Crippen LogP contribution < -0.4 is 10.1 Å². The number of aromatic nitrogens is 4. The first-order chi connectivity index (χ1) is 8.79. The Morgan fingerprint density at radius 2 is 2.33 bits per heavy atom. The van der Waals surface area contributed by atoms with Gasteiger partial charge in [0, 0.05) is 17.8 Å². The summed E-state index contributed by atoms with van der Waals surface area (Å²) in [6.45, 7) is 4.76. The molecule has 0 bridgehead atoms. The van der Waals surface area contributed by atoms with Crippen LogP contribution in [0, 0.1) is 0 Å². The summed E-state index contributed by atoms with van der Waals surface area (Å²) in [5.41, 5.74) is 1.07. The van der Waals surface area contributed by atoms with Crippen molar-refractivity contribution in [2.24, 2.45) is 0 Å². The van der Waals surface area contributed by atoms with E-state index in [0.717, 1.165) is 17.8 Å². The normalized spacial score (nSPS) is 12.1. The van der Waals surface area contributed by atoms with Crippen LogP contribution in [0.2, 0.25) is 0 Å². The van der Waals surface area contributed by atoms with Gasteiger partial charge in [0.2, 0.25) is 5.88 Å². The molecule has 6 nitrogen and oxygen atoms in total. The van der Waals surface area contributed by atoms with Gasteiger partial charge in [-0.05, 0) is 13.3 Å². The Balaban J connectivity index is 2.00. The summed E-state index contributed by atoms with van der Waals surface area (Å²) in [5.74, 6) is 1.33. The number of nitrogens with one attached hydrogen (secondary N) is 2. The minimum Gasteiger partial charge on any atom is -0.478 e. The van der Waals surface area contributed by atoms with E-state index in [1.807, 2.05) is 13.1 Å². The van der Waals surface area contributed by atoms with Gasteiger partial charge in [0.15, 0.2) is 0 Å². The number of hydrogen-bond acceptors (Lipinski definition) is 5. The lowest BCUT2D eigenvalue weighted by molar-refractivity contribution is 0.305. The third kappa shape index (κ3) is 3.19. The SMILES string of the molecule is CCCOc1cc(NC(C)c2cn[nH]c2)ncn1. The highest BCUT2D eigenvalue weighted by Gasteiger charge is 2.07. The van der Waals surface area contributed by atoms with E-state index in [1.165, 1.54) is 6.33 Å². The molecule has 2 aromatic rings. The molecule has 2 rings (SSSR count). The van der Waals surface area contributed by atoms with E-state index in [0.29, 0.717) is 12.5 Å². The van der Waals surface area contributed by atoms with Crippen LogP contribution in [0.3, 0.4) is 0 Å². The third-order valence-corrected chi connectivity index (χ3v) is 2.48. The lowest BCUT2D eigenvalue weighted by Gasteiger charge is -2.13. The van der Waals surface area contributed by atoms with Crippen molar-refractivity contribution in [2.75, 3.05) is 11.9 Å². The number of rotatable bonds is 6. The fourth-order valence-corrected chi connectivity index (χ4v) is 1.51. The largest absolute Gasteiger partial charge is 0.478 e. The number of aromatic amines is 1. The zero-order valence-corrected chi connectivity index (χ0v) is 10.6. The highest BCUT2D eigenvalue weighted by Crippen LogP contribution is 2.18. The van der Waals surface area contributed by atoms with Crippen LogP contribution in [0.1, 0.15) is 31.9 Å². The summed E-state index contributed by atoms with van der Waals surface area (Å²) in [4.78, 5) is 8.22. The molecule has 0 spiro atoms. The van der Waals surface area contributed by atoms with Crippen molar-refractivity contribution >= 4 is 5.82 Å². The molecule has 1 atom stereocenters. The minimum atomic E-state index is 0.123.